The average molecular weight is 370 g/mol. The highest BCUT2D eigenvalue weighted by Gasteiger charge is 2.31. The lowest BCUT2D eigenvalue weighted by Gasteiger charge is -2.19. The van der Waals surface area contributed by atoms with Crippen LogP contribution in [0.5, 0.6) is 0 Å². The monoisotopic (exact) mass is 370 g/mol. The van der Waals surface area contributed by atoms with Crippen LogP contribution in [0.2, 0.25) is 0 Å². The van der Waals surface area contributed by atoms with Crippen molar-refractivity contribution in [1.29, 1.82) is 5.41 Å². The van der Waals surface area contributed by atoms with Gasteiger partial charge in [-0.3, -0.25) is 20.0 Å². The molecule has 1 fully saturated rings. The number of carboxylic acids is 1. The molecular weight excluding hydrogens is 351 g/mol. The lowest BCUT2D eigenvalue weighted by atomic mass is 10.1. The maximum absolute atomic E-state index is 14.1. The Morgan fingerprint density at radius 1 is 1.11 bits per heavy atom. The zero-order valence-corrected chi connectivity index (χ0v) is 14.5. The molecule has 1 aliphatic heterocycles. The van der Waals surface area contributed by atoms with Crippen LogP contribution in [0.4, 0.5) is 20.6 Å². The first-order chi connectivity index (χ1) is 12.9. The number of amides is 2. The number of urea groups is 1. The molecule has 2 aromatic rings. The number of hydrogen-bond acceptors (Lipinski definition) is 3. The van der Waals surface area contributed by atoms with E-state index in [0.29, 0.717) is 30.9 Å². The zero-order chi connectivity index (χ0) is 19.6. The number of carbonyl (C=O) groups is 2. The molecule has 8 heteroatoms. The number of carboxylic acid groups (broad SMARTS) is 1. The van der Waals surface area contributed by atoms with Crippen LogP contribution < -0.4 is 15.5 Å². The highest BCUT2D eigenvalue weighted by molar-refractivity contribution is 6.06. The third-order valence-electron chi connectivity index (χ3n) is 4.44. The zero-order valence-electron chi connectivity index (χ0n) is 14.5. The van der Waals surface area contributed by atoms with E-state index in [1.165, 1.54) is 17.0 Å². The minimum Gasteiger partial charge on any atom is -0.481 e. The Morgan fingerprint density at radius 2 is 1.70 bits per heavy atom. The first-order valence-electron chi connectivity index (χ1n) is 8.40. The summed E-state index contributed by atoms with van der Waals surface area (Å²) in [5, 5.41) is 16.1. The summed E-state index contributed by atoms with van der Waals surface area (Å²) in [6.07, 6.45) is 0.481. The fourth-order valence-corrected chi connectivity index (χ4v) is 3.00. The predicted octanol–water partition coefficient (Wildman–Crippen LogP) is 2.57. The SMILES string of the molecule is N=C(N)c1ccc(N2CCN(c3ccc(CCC(=O)O)cc3)C2=O)cc1F. The molecule has 1 aliphatic rings. The van der Waals surface area contributed by atoms with Crippen LogP contribution in [0.3, 0.4) is 0 Å². The summed E-state index contributed by atoms with van der Waals surface area (Å²) < 4.78 is 14.1. The molecule has 0 aromatic heterocycles. The van der Waals surface area contributed by atoms with Crippen molar-refractivity contribution >= 4 is 29.2 Å². The highest BCUT2D eigenvalue weighted by atomic mass is 19.1. The van der Waals surface area contributed by atoms with Crippen LogP contribution in [0.1, 0.15) is 17.5 Å². The number of carbonyl (C=O) groups excluding carboxylic acids is 1. The number of anilines is 2. The van der Waals surface area contributed by atoms with Crippen LogP contribution in [-0.2, 0) is 11.2 Å². The third-order valence-corrected chi connectivity index (χ3v) is 4.44. The second-order valence-electron chi connectivity index (χ2n) is 6.22. The summed E-state index contributed by atoms with van der Waals surface area (Å²) >= 11 is 0. The van der Waals surface area contributed by atoms with E-state index in [4.69, 9.17) is 16.2 Å². The van der Waals surface area contributed by atoms with Crippen LogP contribution in [0.15, 0.2) is 42.5 Å². The van der Waals surface area contributed by atoms with Gasteiger partial charge in [0.25, 0.3) is 0 Å². The molecule has 1 heterocycles. The van der Waals surface area contributed by atoms with Gasteiger partial charge in [-0.25, -0.2) is 9.18 Å². The standard InChI is InChI=1S/C19H19FN4O3/c20-16-11-14(6-7-15(16)18(21)22)24-10-9-23(19(24)27)13-4-1-12(2-5-13)3-8-17(25)26/h1-2,4-7,11H,3,8-10H2,(H3,21,22)(H,25,26). The van der Waals surface area contributed by atoms with Crippen molar-refractivity contribution in [2.75, 3.05) is 22.9 Å². The van der Waals surface area contributed by atoms with Crippen molar-refractivity contribution in [3.05, 3.63) is 59.4 Å². The van der Waals surface area contributed by atoms with Gasteiger partial charge >= 0.3 is 12.0 Å². The van der Waals surface area contributed by atoms with Crippen LogP contribution in [0.25, 0.3) is 0 Å². The molecule has 3 rings (SSSR count). The van der Waals surface area contributed by atoms with E-state index in [2.05, 4.69) is 0 Å². The van der Waals surface area contributed by atoms with E-state index in [0.717, 1.165) is 5.56 Å². The first kappa shape index (κ1) is 18.4. The molecule has 0 saturated carbocycles. The van der Waals surface area contributed by atoms with Crippen LogP contribution in [0, 0.1) is 11.2 Å². The maximum Gasteiger partial charge on any atom is 0.329 e. The van der Waals surface area contributed by atoms with E-state index in [1.807, 2.05) is 0 Å². The summed E-state index contributed by atoms with van der Waals surface area (Å²) in [6, 6.07) is 11.0. The number of nitrogens with zero attached hydrogens (tertiary/aromatic N) is 2. The van der Waals surface area contributed by atoms with Crippen LogP contribution >= 0.6 is 0 Å². The molecular formula is C19H19FN4O3. The van der Waals surface area contributed by atoms with Crippen molar-refractivity contribution in [3.63, 3.8) is 0 Å². The number of aliphatic carboxylic acids is 1. The Kier molecular flexibility index (Phi) is 5.07. The van der Waals surface area contributed by atoms with Crippen molar-refractivity contribution in [2.24, 2.45) is 5.73 Å². The summed E-state index contributed by atoms with van der Waals surface area (Å²) in [4.78, 5) is 26.4. The van der Waals surface area contributed by atoms with Gasteiger partial charge in [0.05, 0.1) is 5.56 Å². The Labute approximate surface area is 155 Å². The Morgan fingerprint density at radius 3 is 2.26 bits per heavy atom. The number of halogens is 1. The Bertz CT molecular complexity index is 898. The van der Waals surface area contributed by atoms with Gasteiger partial charge in [0.2, 0.25) is 0 Å². The largest absolute Gasteiger partial charge is 0.481 e. The summed E-state index contributed by atoms with van der Waals surface area (Å²) in [6.45, 7) is 0.849. The van der Waals surface area contributed by atoms with Crippen molar-refractivity contribution in [2.45, 2.75) is 12.8 Å². The normalized spacial score (nSPS) is 13.9. The van der Waals surface area contributed by atoms with E-state index in [1.54, 1.807) is 35.2 Å². The van der Waals surface area contributed by atoms with E-state index >= 15 is 0 Å². The highest BCUT2D eigenvalue weighted by Crippen LogP contribution is 2.27. The van der Waals surface area contributed by atoms with Crippen molar-refractivity contribution in [3.8, 4) is 0 Å². The van der Waals surface area contributed by atoms with Gasteiger partial charge in [0, 0.05) is 30.9 Å². The molecule has 0 spiro atoms. The van der Waals surface area contributed by atoms with Gasteiger partial charge < -0.3 is 10.8 Å². The number of nitrogens with two attached hydrogens (primary N) is 1. The quantitative estimate of drug-likeness (QED) is 0.536. The molecule has 0 bridgehead atoms. The Balaban J connectivity index is 1.74. The first-order valence-corrected chi connectivity index (χ1v) is 8.40. The fraction of sp³-hybridized carbons (Fsp3) is 0.211. The van der Waals surface area contributed by atoms with Gasteiger partial charge in [-0.2, -0.15) is 0 Å². The second kappa shape index (κ2) is 7.45. The lowest BCUT2D eigenvalue weighted by molar-refractivity contribution is -0.136. The van der Waals surface area contributed by atoms with Crippen molar-refractivity contribution in [1.82, 2.24) is 0 Å². The van der Waals surface area contributed by atoms with Gasteiger partial charge in [-0.05, 0) is 42.3 Å². The summed E-state index contributed by atoms with van der Waals surface area (Å²) in [7, 11) is 0. The predicted molar refractivity (Wildman–Crippen MR) is 99.9 cm³/mol. The number of nitrogen functional groups attached to an aromatic ring is 1. The van der Waals surface area contributed by atoms with E-state index < -0.39 is 11.8 Å². The Hall–Kier alpha value is -3.42. The number of hydrogen-bond donors (Lipinski definition) is 3. The molecule has 0 radical (unpaired) electrons. The molecule has 27 heavy (non-hydrogen) atoms. The number of benzene rings is 2. The summed E-state index contributed by atoms with van der Waals surface area (Å²) in [5.74, 6) is -1.86. The van der Waals surface area contributed by atoms with E-state index in [-0.39, 0.29) is 23.9 Å². The van der Waals surface area contributed by atoms with E-state index in [9.17, 15) is 14.0 Å². The minimum absolute atomic E-state index is 0.000739. The van der Waals surface area contributed by atoms with Crippen molar-refractivity contribution < 1.29 is 19.1 Å². The lowest BCUT2D eigenvalue weighted by Crippen LogP contribution is -2.31. The maximum atomic E-state index is 14.1. The molecule has 0 atom stereocenters. The third kappa shape index (κ3) is 3.89. The molecule has 2 aromatic carbocycles. The number of rotatable bonds is 6. The molecule has 4 N–H and O–H groups in total. The molecule has 0 aliphatic carbocycles. The molecule has 1 saturated heterocycles. The number of amidine groups is 1. The van der Waals surface area contributed by atoms with Gasteiger partial charge in [0.15, 0.2) is 0 Å². The smallest absolute Gasteiger partial charge is 0.329 e. The molecule has 2 amide bonds. The number of nitrogens with one attached hydrogen (secondary N) is 1. The molecule has 7 nitrogen and oxygen atoms in total. The van der Waals surface area contributed by atoms with Crippen LogP contribution in [-0.4, -0.2) is 36.0 Å². The number of aryl methyl sites for hydroxylation is 1. The average Bonchev–Trinajstić information content (AvgIpc) is 3.01. The summed E-state index contributed by atoms with van der Waals surface area (Å²) in [5.41, 5.74) is 7.30. The topological polar surface area (TPSA) is 111 Å². The minimum atomic E-state index is -0.854. The molecule has 0 unspecified atom stereocenters. The fourth-order valence-electron chi connectivity index (χ4n) is 3.00. The molecule has 140 valence electrons. The second-order valence-corrected chi connectivity index (χ2v) is 6.22. The van der Waals surface area contributed by atoms with Gasteiger partial charge in [0.1, 0.15) is 11.7 Å². The van der Waals surface area contributed by atoms with Gasteiger partial charge in [-0.15, -0.1) is 0 Å². The van der Waals surface area contributed by atoms with Gasteiger partial charge in [-0.1, -0.05) is 12.1 Å².